The van der Waals surface area contributed by atoms with Crippen molar-refractivity contribution < 1.29 is 32.4 Å². The Morgan fingerprint density at radius 1 is 0.792 bits per heavy atom. The van der Waals surface area contributed by atoms with E-state index in [-0.39, 0.29) is 23.5 Å². The molecule has 0 bridgehead atoms. The zero-order valence-corrected chi connectivity index (χ0v) is 33.1. The Labute approximate surface area is 317 Å². The van der Waals surface area contributed by atoms with Crippen LogP contribution in [0.1, 0.15) is 142 Å². The first-order chi connectivity index (χ1) is 25.4. The number of hydrogen-bond acceptors (Lipinski definition) is 7. The Morgan fingerprint density at radius 2 is 1.40 bits per heavy atom. The SMILES string of the molecule is CC(C)[C@H]1CCN2C(=O)[C@@H](NC(=O)NC3(CS(=O)(=O)N4CCCCC4)CCCCC3)CCCCCCCCC[C@@H](C(=O)C(=O)NCC3CC3)NC(=O)[C@H]12. The molecule has 0 spiro atoms. The van der Waals surface area contributed by atoms with Gasteiger partial charge < -0.3 is 26.2 Å². The molecule has 0 radical (unpaired) electrons. The van der Waals surface area contributed by atoms with Crippen LogP contribution in [0.15, 0.2) is 0 Å². The molecule has 3 heterocycles. The Kier molecular flexibility index (Phi) is 15.0. The van der Waals surface area contributed by atoms with Crippen molar-refractivity contribution in [3.8, 4) is 0 Å². The Bertz CT molecular complexity index is 1390. The van der Waals surface area contributed by atoms with Crippen molar-refractivity contribution in [2.45, 2.75) is 166 Å². The summed E-state index contributed by atoms with van der Waals surface area (Å²) >= 11 is 0. The summed E-state index contributed by atoms with van der Waals surface area (Å²) in [5.74, 6) is -1.97. The Morgan fingerprint density at radius 3 is 2.04 bits per heavy atom. The lowest BCUT2D eigenvalue weighted by Crippen LogP contribution is -2.62. The van der Waals surface area contributed by atoms with Gasteiger partial charge in [0.2, 0.25) is 27.6 Å². The zero-order valence-electron chi connectivity index (χ0n) is 32.3. The number of amides is 5. The molecule has 14 heteroatoms. The molecule has 0 aromatic rings. The monoisotopic (exact) mass is 762 g/mol. The number of carbonyl (C=O) groups is 5. The fourth-order valence-corrected chi connectivity index (χ4v) is 11.1. The summed E-state index contributed by atoms with van der Waals surface area (Å²) in [6, 6.07) is -3.30. The first-order valence-electron chi connectivity index (χ1n) is 20.9. The van der Waals surface area contributed by atoms with Gasteiger partial charge in [-0.05, 0) is 75.5 Å². The van der Waals surface area contributed by atoms with Crippen LogP contribution in [-0.2, 0) is 29.2 Å². The second-order valence-electron chi connectivity index (χ2n) is 17.0. The largest absolute Gasteiger partial charge is 0.349 e. The molecule has 0 unspecified atom stereocenters. The number of fused-ring (bicyclic) bond motifs is 1. The maximum Gasteiger partial charge on any atom is 0.315 e. The quantitative estimate of drug-likeness (QED) is 0.242. The second kappa shape index (κ2) is 19.2. The molecule has 5 rings (SSSR count). The van der Waals surface area contributed by atoms with Crippen molar-refractivity contribution in [3.63, 3.8) is 0 Å². The molecule has 3 aliphatic heterocycles. The number of nitrogens with one attached hydrogen (secondary N) is 4. The van der Waals surface area contributed by atoms with Crippen molar-refractivity contribution >= 4 is 39.6 Å². The molecule has 2 aliphatic carbocycles. The van der Waals surface area contributed by atoms with Gasteiger partial charge in [-0.1, -0.05) is 84.5 Å². The lowest BCUT2D eigenvalue weighted by Gasteiger charge is -2.40. The summed E-state index contributed by atoms with van der Waals surface area (Å²) in [5, 5.41) is 11.7. The van der Waals surface area contributed by atoms with E-state index >= 15 is 0 Å². The number of rotatable bonds is 10. The van der Waals surface area contributed by atoms with Crippen LogP contribution in [0.4, 0.5) is 4.79 Å². The fraction of sp³-hybridized carbons (Fsp3) is 0.872. The highest BCUT2D eigenvalue weighted by Crippen LogP contribution is 2.34. The molecule has 300 valence electrons. The van der Waals surface area contributed by atoms with E-state index in [4.69, 9.17) is 0 Å². The normalized spacial score (nSPS) is 28.5. The number of piperidine rings is 1. The van der Waals surface area contributed by atoms with E-state index in [2.05, 4.69) is 21.3 Å². The number of hydrogen-bond donors (Lipinski definition) is 4. The predicted molar refractivity (Wildman–Crippen MR) is 203 cm³/mol. The molecule has 3 saturated heterocycles. The van der Waals surface area contributed by atoms with Crippen LogP contribution < -0.4 is 21.3 Å². The minimum atomic E-state index is -3.60. The lowest BCUT2D eigenvalue weighted by molar-refractivity contribution is -0.143. The smallest absolute Gasteiger partial charge is 0.315 e. The number of Topliss-reactive ketones (excluding diaryl/α,β-unsaturated/α-hetero) is 1. The third-order valence-electron chi connectivity index (χ3n) is 12.4. The number of ketones is 1. The molecule has 0 aromatic heterocycles. The van der Waals surface area contributed by atoms with Crippen LogP contribution >= 0.6 is 0 Å². The summed E-state index contributed by atoms with van der Waals surface area (Å²) < 4.78 is 28.8. The van der Waals surface area contributed by atoms with E-state index in [0.29, 0.717) is 70.6 Å². The van der Waals surface area contributed by atoms with Gasteiger partial charge in [-0.2, -0.15) is 0 Å². The second-order valence-corrected chi connectivity index (χ2v) is 19.0. The van der Waals surface area contributed by atoms with Crippen LogP contribution in [0.5, 0.6) is 0 Å². The highest BCUT2D eigenvalue weighted by Gasteiger charge is 2.46. The molecule has 4 N–H and O–H groups in total. The number of urea groups is 1. The lowest BCUT2D eigenvalue weighted by atomic mass is 9.83. The first-order valence-corrected chi connectivity index (χ1v) is 22.5. The summed E-state index contributed by atoms with van der Waals surface area (Å²) in [6.45, 7) is 5.84. The van der Waals surface area contributed by atoms with Crippen molar-refractivity contribution in [3.05, 3.63) is 0 Å². The van der Waals surface area contributed by atoms with Crippen LogP contribution in [0.25, 0.3) is 0 Å². The van der Waals surface area contributed by atoms with E-state index in [9.17, 15) is 32.4 Å². The first kappa shape index (κ1) is 41.4. The van der Waals surface area contributed by atoms with Gasteiger partial charge >= 0.3 is 6.03 Å². The van der Waals surface area contributed by atoms with Crippen molar-refractivity contribution in [1.82, 2.24) is 30.5 Å². The van der Waals surface area contributed by atoms with Gasteiger partial charge in [0.05, 0.1) is 17.3 Å². The van der Waals surface area contributed by atoms with Gasteiger partial charge in [-0.3, -0.25) is 19.2 Å². The zero-order chi connectivity index (χ0) is 38.0. The van der Waals surface area contributed by atoms with Crippen molar-refractivity contribution in [2.24, 2.45) is 17.8 Å². The van der Waals surface area contributed by atoms with E-state index in [0.717, 1.165) is 89.9 Å². The topological polar surface area (TPSA) is 174 Å². The summed E-state index contributed by atoms with van der Waals surface area (Å²) in [4.78, 5) is 70.5. The van der Waals surface area contributed by atoms with Crippen LogP contribution in [0.3, 0.4) is 0 Å². The van der Waals surface area contributed by atoms with E-state index in [1.165, 1.54) is 0 Å². The van der Waals surface area contributed by atoms with Crippen LogP contribution in [0, 0.1) is 17.8 Å². The molecule has 4 atom stereocenters. The molecule has 5 fully saturated rings. The number of nitrogens with zero attached hydrogens (tertiary/aromatic N) is 2. The van der Waals surface area contributed by atoms with E-state index < -0.39 is 57.3 Å². The molecule has 13 nitrogen and oxygen atoms in total. The van der Waals surface area contributed by atoms with Crippen molar-refractivity contribution in [2.75, 3.05) is 31.9 Å². The average molecular weight is 763 g/mol. The third kappa shape index (κ3) is 11.6. The summed E-state index contributed by atoms with van der Waals surface area (Å²) in [7, 11) is -3.60. The Balaban J connectivity index is 1.34. The molecule has 2 saturated carbocycles. The summed E-state index contributed by atoms with van der Waals surface area (Å²) in [5.41, 5.74) is -0.925. The molecule has 5 aliphatic rings. The standard InChI is InChI=1S/C39H66N6O7S/c1-28(2)30-20-25-45-33(30)35(47)41-31(34(46)36(48)40-26-29-18-19-29)16-10-6-4-3-5-7-11-17-32(37(45)49)42-38(50)43-39(21-12-8-13-22-39)27-53(51,52)44-23-14-9-15-24-44/h28-33H,3-27H2,1-2H3,(H,40,48)(H,41,47)(H2,42,43,50)/t30-,31+,32+,33+/m1/s1. The van der Waals surface area contributed by atoms with Gasteiger partial charge in [0.1, 0.15) is 12.1 Å². The highest BCUT2D eigenvalue weighted by molar-refractivity contribution is 7.89. The summed E-state index contributed by atoms with van der Waals surface area (Å²) in [6.07, 6.45) is 15.9. The van der Waals surface area contributed by atoms with Gasteiger partial charge in [0, 0.05) is 26.2 Å². The minimum Gasteiger partial charge on any atom is -0.349 e. The van der Waals surface area contributed by atoms with Crippen LogP contribution in [0.2, 0.25) is 0 Å². The third-order valence-corrected chi connectivity index (χ3v) is 14.5. The maximum atomic E-state index is 14.5. The average Bonchev–Trinajstić information content (AvgIpc) is 3.86. The molecular weight excluding hydrogens is 697 g/mol. The predicted octanol–water partition coefficient (Wildman–Crippen LogP) is 4.15. The molecule has 53 heavy (non-hydrogen) atoms. The van der Waals surface area contributed by atoms with Crippen LogP contribution in [-0.4, -0.2) is 103 Å². The van der Waals surface area contributed by atoms with Crippen molar-refractivity contribution in [1.29, 1.82) is 0 Å². The number of sulfonamides is 1. The van der Waals surface area contributed by atoms with Gasteiger partial charge in [0.25, 0.3) is 5.91 Å². The van der Waals surface area contributed by atoms with Gasteiger partial charge in [-0.15, -0.1) is 0 Å². The highest BCUT2D eigenvalue weighted by atomic mass is 32.2. The number of carbonyl (C=O) groups excluding carboxylic acids is 5. The van der Waals surface area contributed by atoms with E-state index in [1.54, 1.807) is 9.21 Å². The maximum absolute atomic E-state index is 14.5. The molecule has 5 amide bonds. The molecule has 0 aromatic carbocycles. The minimum absolute atomic E-state index is 0.0628. The molecular formula is C39H66N6O7S. The fourth-order valence-electron chi connectivity index (χ4n) is 9.02. The Hall–Kier alpha value is -2.74. The van der Waals surface area contributed by atoms with Gasteiger partial charge in [-0.25, -0.2) is 17.5 Å². The van der Waals surface area contributed by atoms with E-state index in [1.807, 2.05) is 13.8 Å². The van der Waals surface area contributed by atoms with Gasteiger partial charge in [0.15, 0.2) is 0 Å².